The Hall–Kier alpha value is -3.65. The van der Waals surface area contributed by atoms with E-state index in [0.29, 0.717) is 29.2 Å². The third-order valence-corrected chi connectivity index (χ3v) is 4.68. The van der Waals surface area contributed by atoms with Gasteiger partial charge in [-0.15, -0.1) is 0 Å². The van der Waals surface area contributed by atoms with Crippen LogP contribution in [0, 0.1) is 11.3 Å². The Bertz CT molecular complexity index is 1020. The molecule has 1 aromatic heterocycles. The van der Waals surface area contributed by atoms with Crippen LogP contribution in [0.1, 0.15) is 27.9 Å². The van der Waals surface area contributed by atoms with Gasteiger partial charge in [-0.2, -0.15) is 5.26 Å². The number of nitrogens with zero attached hydrogens (tertiary/aromatic N) is 3. The molecular formula is C22H18N4O. The average molecular weight is 354 g/mol. The van der Waals surface area contributed by atoms with Crippen LogP contribution in [0.4, 0.5) is 17.2 Å². The standard InChI is InChI=1S/C22H18N4O/c23-14-17-7-1-3-9-19(17)25-21-12-11-18(15-24-21)22(27)26-13-5-8-16-6-2-4-10-20(16)26/h1-4,6-7,9-12,15H,5,8,13H2,(H,24,25). The summed E-state index contributed by atoms with van der Waals surface area (Å²) < 4.78 is 0. The molecule has 0 bridgehead atoms. The van der Waals surface area contributed by atoms with Gasteiger partial charge in [-0.3, -0.25) is 4.79 Å². The minimum Gasteiger partial charge on any atom is -0.339 e. The maximum atomic E-state index is 13.0. The second-order valence-corrected chi connectivity index (χ2v) is 6.40. The molecule has 2 heterocycles. The molecule has 3 aromatic rings. The number of pyridine rings is 1. The SMILES string of the molecule is N#Cc1ccccc1Nc1ccc(C(=O)N2CCCc3ccccc32)cn1. The van der Waals surface area contributed by atoms with Crippen molar-refractivity contribution in [1.29, 1.82) is 5.26 Å². The number of hydrogen-bond donors (Lipinski definition) is 1. The van der Waals surface area contributed by atoms with Crippen LogP contribution in [0.3, 0.4) is 0 Å². The van der Waals surface area contributed by atoms with Crippen LogP contribution in [-0.4, -0.2) is 17.4 Å². The number of rotatable bonds is 3. The summed E-state index contributed by atoms with van der Waals surface area (Å²) >= 11 is 0. The summed E-state index contributed by atoms with van der Waals surface area (Å²) in [5, 5.41) is 12.3. The van der Waals surface area contributed by atoms with Gasteiger partial charge >= 0.3 is 0 Å². The van der Waals surface area contributed by atoms with Gasteiger partial charge in [-0.25, -0.2) is 4.98 Å². The van der Waals surface area contributed by atoms with Crippen LogP contribution in [0.25, 0.3) is 0 Å². The molecule has 1 aliphatic rings. The lowest BCUT2D eigenvalue weighted by Crippen LogP contribution is -2.35. The third-order valence-electron chi connectivity index (χ3n) is 4.68. The van der Waals surface area contributed by atoms with Gasteiger partial charge in [0, 0.05) is 18.4 Å². The summed E-state index contributed by atoms with van der Waals surface area (Å²) in [7, 11) is 0. The summed E-state index contributed by atoms with van der Waals surface area (Å²) in [6.45, 7) is 0.714. The zero-order chi connectivity index (χ0) is 18.6. The molecule has 0 saturated heterocycles. The van der Waals surface area contributed by atoms with Crippen LogP contribution in [0.15, 0.2) is 66.9 Å². The molecular weight excluding hydrogens is 336 g/mol. The number of anilines is 3. The second kappa shape index (κ2) is 7.30. The first-order chi connectivity index (χ1) is 13.3. The predicted octanol–water partition coefficient (Wildman–Crippen LogP) is 4.29. The lowest BCUT2D eigenvalue weighted by Gasteiger charge is -2.29. The fraction of sp³-hybridized carbons (Fsp3) is 0.136. The Labute approximate surface area is 157 Å². The highest BCUT2D eigenvalue weighted by molar-refractivity contribution is 6.06. The first kappa shape index (κ1) is 16.8. The minimum absolute atomic E-state index is 0.0429. The first-order valence-electron chi connectivity index (χ1n) is 8.88. The summed E-state index contributed by atoms with van der Waals surface area (Å²) in [4.78, 5) is 19.1. The molecule has 0 radical (unpaired) electrons. The quantitative estimate of drug-likeness (QED) is 0.762. The Morgan fingerprint density at radius 2 is 1.89 bits per heavy atom. The van der Waals surface area contributed by atoms with Crippen molar-refractivity contribution in [3.63, 3.8) is 0 Å². The number of carbonyl (C=O) groups is 1. The van der Waals surface area contributed by atoms with E-state index in [0.717, 1.165) is 18.5 Å². The van der Waals surface area contributed by atoms with Crippen molar-refractivity contribution in [3.05, 3.63) is 83.6 Å². The van der Waals surface area contributed by atoms with Crippen molar-refractivity contribution >= 4 is 23.1 Å². The van der Waals surface area contributed by atoms with Crippen molar-refractivity contribution in [2.24, 2.45) is 0 Å². The highest BCUT2D eigenvalue weighted by atomic mass is 16.2. The molecule has 2 aromatic carbocycles. The van der Waals surface area contributed by atoms with E-state index in [1.54, 1.807) is 24.4 Å². The summed E-state index contributed by atoms with van der Waals surface area (Å²) in [6, 6.07) is 21.0. The zero-order valence-electron chi connectivity index (χ0n) is 14.7. The minimum atomic E-state index is -0.0429. The number of amides is 1. The number of carbonyl (C=O) groups excluding carboxylic acids is 1. The van der Waals surface area contributed by atoms with E-state index < -0.39 is 0 Å². The Morgan fingerprint density at radius 1 is 1.07 bits per heavy atom. The fourth-order valence-corrected chi connectivity index (χ4v) is 3.32. The molecule has 27 heavy (non-hydrogen) atoms. The van der Waals surface area contributed by atoms with E-state index in [9.17, 15) is 10.1 Å². The average Bonchev–Trinajstić information content (AvgIpc) is 2.74. The van der Waals surface area contributed by atoms with Crippen LogP contribution < -0.4 is 10.2 Å². The van der Waals surface area contributed by atoms with Crippen molar-refractivity contribution in [3.8, 4) is 6.07 Å². The van der Waals surface area contributed by atoms with E-state index in [-0.39, 0.29) is 5.91 Å². The third kappa shape index (κ3) is 3.38. The van der Waals surface area contributed by atoms with Crippen LogP contribution in [0.2, 0.25) is 0 Å². The van der Waals surface area contributed by atoms with Crippen molar-refractivity contribution < 1.29 is 4.79 Å². The largest absolute Gasteiger partial charge is 0.339 e. The number of benzene rings is 2. The maximum Gasteiger partial charge on any atom is 0.259 e. The van der Waals surface area contributed by atoms with Crippen molar-refractivity contribution in [2.75, 3.05) is 16.8 Å². The molecule has 0 saturated carbocycles. The lowest BCUT2D eigenvalue weighted by atomic mass is 10.0. The number of hydrogen-bond acceptors (Lipinski definition) is 4. The van der Waals surface area contributed by atoms with Gasteiger partial charge in [0.2, 0.25) is 0 Å². The molecule has 1 N–H and O–H groups in total. The smallest absolute Gasteiger partial charge is 0.259 e. The molecule has 0 atom stereocenters. The van der Waals surface area contributed by atoms with E-state index in [1.165, 1.54) is 5.56 Å². The molecule has 0 spiro atoms. The van der Waals surface area contributed by atoms with E-state index >= 15 is 0 Å². The molecule has 0 aliphatic carbocycles. The lowest BCUT2D eigenvalue weighted by molar-refractivity contribution is 0.0985. The Kier molecular flexibility index (Phi) is 4.54. The van der Waals surface area contributed by atoms with Crippen molar-refractivity contribution in [1.82, 2.24) is 4.98 Å². The topological polar surface area (TPSA) is 69.0 Å². The number of aryl methyl sites for hydroxylation is 1. The Morgan fingerprint density at radius 3 is 2.70 bits per heavy atom. The van der Waals surface area contributed by atoms with Gasteiger partial charge in [-0.1, -0.05) is 30.3 Å². The molecule has 1 aliphatic heterocycles. The number of aromatic nitrogens is 1. The van der Waals surface area contributed by atoms with Crippen LogP contribution >= 0.6 is 0 Å². The fourth-order valence-electron chi connectivity index (χ4n) is 3.32. The number of fused-ring (bicyclic) bond motifs is 1. The normalized spacial score (nSPS) is 12.8. The number of nitriles is 1. The highest BCUT2D eigenvalue weighted by Gasteiger charge is 2.23. The summed E-state index contributed by atoms with van der Waals surface area (Å²) in [5.41, 5.74) is 3.97. The molecule has 0 fully saturated rings. The van der Waals surface area contributed by atoms with E-state index in [2.05, 4.69) is 22.4 Å². The highest BCUT2D eigenvalue weighted by Crippen LogP contribution is 2.28. The van der Waals surface area contributed by atoms with Crippen molar-refractivity contribution in [2.45, 2.75) is 12.8 Å². The van der Waals surface area contributed by atoms with E-state index in [1.807, 2.05) is 41.3 Å². The van der Waals surface area contributed by atoms with Gasteiger partial charge in [-0.05, 0) is 48.7 Å². The van der Waals surface area contributed by atoms with Gasteiger partial charge in [0.1, 0.15) is 11.9 Å². The number of nitrogens with one attached hydrogen (secondary N) is 1. The molecule has 1 amide bonds. The molecule has 132 valence electrons. The predicted molar refractivity (Wildman–Crippen MR) is 105 cm³/mol. The van der Waals surface area contributed by atoms with Crippen LogP contribution in [-0.2, 0) is 6.42 Å². The first-order valence-corrected chi connectivity index (χ1v) is 8.88. The Balaban J connectivity index is 1.55. The van der Waals surface area contributed by atoms with Gasteiger partial charge in [0.15, 0.2) is 0 Å². The monoisotopic (exact) mass is 354 g/mol. The number of para-hydroxylation sites is 2. The zero-order valence-corrected chi connectivity index (χ0v) is 14.7. The molecule has 0 unspecified atom stereocenters. The molecule has 5 heteroatoms. The summed E-state index contributed by atoms with van der Waals surface area (Å²) in [6.07, 6.45) is 3.54. The van der Waals surface area contributed by atoms with Crippen LogP contribution in [0.5, 0.6) is 0 Å². The summed E-state index contributed by atoms with van der Waals surface area (Å²) in [5.74, 6) is 0.548. The molecule has 4 rings (SSSR count). The van der Waals surface area contributed by atoms with Gasteiger partial charge in [0.05, 0.1) is 16.8 Å². The van der Waals surface area contributed by atoms with E-state index in [4.69, 9.17) is 0 Å². The van der Waals surface area contributed by atoms with Gasteiger partial charge < -0.3 is 10.2 Å². The van der Waals surface area contributed by atoms with Gasteiger partial charge in [0.25, 0.3) is 5.91 Å². The molecule has 5 nitrogen and oxygen atoms in total. The maximum absolute atomic E-state index is 13.0. The second-order valence-electron chi connectivity index (χ2n) is 6.40.